The van der Waals surface area contributed by atoms with Crippen LogP contribution in [0.25, 0.3) is 0 Å². The molecule has 1 saturated heterocycles. The highest BCUT2D eigenvalue weighted by Gasteiger charge is 2.31. The SMILES string of the molecule is NCC1(CNc2c(Cl)cncc2Cl)CCOCC1. The number of hydrogen-bond acceptors (Lipinski definition) is 4. The lowest BCUT2D eigenvalue weighted by molar-refractivity contribution is 0.0253. The molecule has 0 aromatic carbocycles. The van der Waals surface area contributed by atoms with E-state index in [1.807, 2.05) is 0 Å². The molecule has 100 valence electrons. The van der Waals surface area contributed by atoms with Crippen molar-refractivity contribution in [3.63, 3.8) is 0 Å². The molecule has 0 atom stereocenters. The van der Waals surface area contributed by atoms with Crippen LogP contribution in [0.3, 0.4) is 0 Å². The van der Waals surface area contributed by atoms with E-state index in [9.17, 15) is 0 Å². The van der Waals surface area contributed by atoms with Crippen LogP contribution in [-0.2, 0) is 4.74 Å². The summed E-state index contributed by atoms with van der Waals surface area (Å²) in [7, 11) is 0. The molecule has 18 heavy (non-hydrogen) atoms. The molecule has 0 spiro atoms. The summed E-state index contributed by atoms with van der Waals surface area (Å²) in [5, 5.41) is 4.36. The highest BCUT2D eigenvalue weighted by atomic mass is 35.5. The molecule has 1 aromatic rings. The molecule has 2 rings (SSSR count). The molecular weight excluding hydrogens is 273 g/mol. The Kier molecular flexibility index (Phi) is 4.67. The fourth-order valence-corrected chi connectivity index (χ4v) is 2.61. The summed E-state index contributed by atoms with van der Waals surface area (Å²) in [6, 6.07) is 0. The molecule has 1 fully saturated rings. The molecule has 0 unspecified atom stereocenters. The smallest absolute Gasteiger partial charge is 0.0836 e. The number of nitrogens with two attached hydrogens (primary N) is 1. The molecule has 0 amide bonds. The van der Waals surface area contributed by atoms with Gasteiger partial charge in [-0.1, -0.05) is 23.2 Å². The Labute approximate surface area is 117 Å². The van der Waals surface area contributed by atoms with Gasteiger partial charge in [0.1, 0.15) is 0 Å². The number of aromatic nitrogens is 1. The molecule has 0 radical (unpaired) electrons. The van der Waals surface area contributed by atoms with Crippen molar-refractivity contribution in [2.24, 2.45) is 11.1 Å². The van der Waals surface area contributed by atoms with Crippen molar-refractivity contribution in [1.82, 2.24) is 4.98 Å². The first kappa shape index (κ1) is 13.9. The van der Waals surface area contributed by atoms with Crippen molar-refractivity contribution in [3.05, 3.63) is 22.4 Å². The van der Waals surface area contributed by atoms with Crippen LogP contribution in [0.1, 0.15) is 12.8 Å². The van der Waals surface area contributed by atoms with Gasteiger partial charge in [0.15, 0.2) is 0 Å². The number of nitrogens with one attached hydrogen (secondary N) is 1. The quantitative estimate of drug-likeness (QED) is 0.894. The number of nitrogens with zero attached hydrogens (tertiary/aromatic N) is 1. The molecule has 0 aliphatic carbocycles. The van der Waals surface area contributed by atoms with Gasteiger partial charge in [0.25, 0.3) is 0 Å². The normalized spacial score (nSPS) is 18.6. The standard InChI is InChI=1S/C12H17Cl2N3O/c13-9-5-16-6-10(14)11(9)17-8-12(7-15)1-3-18-4-2-12/h5-6H,1-4,7-8,15H2,(H,16,17). The molecule has 1 aliphatic heterocycles. The number of hydrogen-bond donors (Lipinski definition) is 2. The molecule has 4 nitrogen and oxygen atoms in total. The topological polar surface area (TPSA) is 60.2 Å². The van der Waals surface area contributed by atoms with E-state index in [4.69, 9.17) is 33.7 Å². The minimum absolute atomic E-state index is 0.0637. The monoisotopic (exact) mass is 289 g/mol. The predicted octanol–water partition coefficient (Wildman–Crippen LogP) is 2.56. The number of halogens is 2. The maximum absolute atomic E-state index is 6.07. The first-order valence-corrected chi connectivity index (χ1v) is 6.73. The van der Waals surface area contributed by atoms with E-state index in [2.05, 4.69) is 10.3 Å². The molecule has 1 aromatic heterocycles. The fraction of sp³-hybridized carbons (Fsp3) is 0.583. The number of rotatable bonds is 4. The summed E-state index contributed by atoms with van der Waals surface area (Å²) in [6.45, 7) is 2.90. The molecule has 0 saturated carbocycles. The average Bonchev–Trinajstić information content (AvgIpc) is 2.39. The van der Waals surface area contributed by atoms with Crippen LogP contribution in [0.4, 0.5) is 5.69 Å². The molecule has 1 aliphatic rings. The van der Waals surface area contributed by atoms with E-state index in [0.717, 1.165) is 38.3 Å². The second-order valence-corrected chi connectivity index (χ2v) is 5.46. The lowest BCUT2D eigenvalue weighted by Gasteiger charge is -2.36. The highest BCUT2D eigenvalue weighted by Crippen LogP contribution is 2.33. The zero-order valence-electron chi connectivity index (χ0n) is 10.1. The molecule has 3 N–H and O–H groups in total. The zero-order valence-corrected chi connectivity index (χ0v) is 11.6. The Hall–Kier alpha value is -0.550. The van der Waals surface area contributed by atoms with Crippen molar-refractivity contribution in [3.8, 4) is 0 Å². The van der Waals surface area contributed by atoms with Gasteiger partial charge < -0.3 is 15.8 Å². The third kappa shape index (κ3) is 3.06. The zero-order chi connectivity index (χ0) is 13.0. The van der Waals surface area contributed by atoms with Crippen molar-refractivity contribution in [2.75, 3.05) is 31.6 Å². The van der Waals surface area contributed by atoms with Gasteiger partial charge in [-0.15, -0.1) is 0 Å². The minimum Gasteiger partial charge on any atom is -0.382 e. The minimum atomic E-state index is 0.0637. The summed E-state index contributed by atoms with van der Waals surface area (Å²) in [6.07, 6.45) is 5.07. The predicted molar refractivity (Wildman–Crippen MR) is 74.3 cm³/mol. The van der Waals surface area contributed by atoms with Crippen LogP contribution in [0.2, 0.25) is 10.0 Å². The second kappa shape index (κ2) is 6.06. The number of ether oxygens (including phenoxy) is 1. The van der Waals surface area contributed by atoms with Gasteiger partial charge in [0, 0.05) is 37.6 Å². The van der Waals surface area contributed by atoms with E-state index in [0.29, 0.717) is 16.6 Å². The summed E-state index contributed by atoms with van der Waals surface area (Å²) >= 11 is 12.1. The maximum atomic E-state index is 6.07. The van der Waals surface area contributed by atoms with Gasteiger partial charge in [-0.2, -0.15) is 0 Å². The van der Waals surface area contributed by atoms with Crippen LogP contribution in [0.5, 0.6) is 0 Å². The molecule has 6 heteroatoms. The van der Waals surface area contributed by atoms with Crippen LogP contribution in [-0.4, -0.2) is 31.3 Å². The van der Waals surface area contributed by atoms with Gasteiger partial charge >= 0.3 is 0 Å². The van der Waals surface area contributed by atoms with Gasteiger partial charge in [0.2, 0.25) is 0 Å². The third-order valence-corrected chi connectivity index (χ3v) is 4.05. The first-order chi connectivity index (χ1) is 8.67. The van der Waals surface area contributed by atoms with Crippen LogP contribution in [0, 0.1) is 5.41 Å². The van der Waals surface area contributed by atoms with E-state index >= 15 is 0 Å². The highest BCUT2D eigenvalue weighted by molar-refractivity contribution is 6.38. The largest absolute Gasteiger partial charge is 0.382 e. The Bertz CT molecular complexity index is 388. The third-order valence-electron chi connectivity index (χ3n) is 3.48. The van der Waals surface area contributed by atoms with Crippen molar-refractivity contribution >= 4 is 28.9 Å². The Balaban J connectivity index is 2.05. The fourth-order valence-electron chi connectivity index (χ4n) is 2.11. The Morgan fingerprint density at radius 3 is 2.44 bits per heavy atom. The maximum Gasteiger partial charge on any atom is 0.0836 e. The Morgan fingerprint density at radius 2 is 1.89 bits per heavy atom. The van der Waals surface area contributed by atoms with E-state index in [1.54, 1.807) is 12.4 Å². The van der Waals surface area contributed by atoms with E-state index < -0.39 is 0 Å². The summed E-state index contributed by atoms with van der Waals surface area (Å²) in [5.74, 6) is 0. The van der Waals surface area contributed by atoms with Gasteiger partial charge in [-0.25, -0.2) is 0 Å². The van der Waals surface area contributed by atoms with E-state index in [1.165, 1.54) is 0 Å². The number of pyridine rings is 1. The first-order valence-electron chi connectivity index (χ1n) is 5.98. The van der Waals surface area contributed by atoms with Crippen LogP contribution in [0.15, 0.2) is 12.4 Å². The average molecular weight is 290 g/mol. The van der Waals surface area contributed by atoms with Crippen molar-refractivity contribution in [1.29, 1.82) is 0 Å². The van der Waals surface area contributed by atoms with Crippen LogP contribution < -0.4 is 11.1 Å². The molecule has 0 bridgehead atoms. The lowest BCUT2D eigenvalue weighted by atomic mass is 9.80. The van der Waals surface area contributed by atoms with Gasteiger partial charge in [-0.3, -0.25) is 4.98 Å². The summed E-state index contributed by atoms with van der Waals surface area (Å²) < 4.78 is 5.38. The van der Waals surface area contributed by atoms with Gasteiger partial charge in [-0.05, 0) is 19.4 Å². The Morgan fingerprint density at radius 1 is 1.28 bits per heavy atom. The molecule has 2 heterocycles. The molecular formula is C12H17Cl2N3O. The lowest BCUT2D eigenvalue weighted by Crippen LogP contribution is -2.42. The van der Waals surface area contributed by atoms with Crippen molar-refractivity contribution in [2.45, 2.75) is 12.8 Å². The van der Waals surface area contributed by atoms with E-state index in [-0.39, 0.29) is 5.41 Å². The van der Waals surface area contributed by atoms with Crippen molar-refractivity contribution < 1.29 is 4.74 Å². The number of anilines is 1. The summed E-state index contributed by atoms with van der Waals surface area (Å²) in [4.78, 5) is 3.93. The van der Waals surface area contributed by atoms with Crippen LogP contribution >= 0.6 is 23.2 Å². The summed E-state index contributed by atoms with van der Waals surface area (Å²) in [5.41, 5.74) is 6.70. The van der Waals surface area contributed by atoms with Gasteiger partial charge in [0.05, 0.1) is 15.7 Å². The second-order valence-electron chi connectivity index (χ2n) is 4.65.